The van der Waals surface area contributed by atoms with E-state index in [0.717, 1.165) is 12.1 Å². The average molecular weight is 353 g/mol. The Hall–Kier alpha value is -2.05. The average Bonchev–Trinajstić information content (AvgIpc) is 2.54. The third kappa shape index (κ3) is 6.30. The van der Waals surface area contributed by atoms with Crippen molar-refractivity contribution in [2.45, 2.75) is 6.42 Å². The van der Waals surface area contributed by atoms with Gasteiger partial charge in [-0.15, -0.1) is 0 Å². The highest BCUT2D eigenvalue weighted by atomic mass is 35.5. The SMILES string of the molecule is NC(=NCCc1ccccn1)NCCNc1ncc(Cl)cc1Cl. The molecule has 2 heterocycles. The fourth-order valence-corrected chi connectivity index (χ4v) is 2.26. The Morgan fingerprint density at radius 1 is 1.22 bits per heavy atom. The van der Waals surface area contributed by atoms with Crippen LogP contribution in [0.15, 0.2) is 41.7 Å². The first-order chi connectivity index (χ1) is 11.1. The maximum Gasteiger partial charge on any atom is 0.188 e. The first-order valence-electron chi connectivity index (χ1n) is 7.14. The zero-order valence-electron chi connectivity index (χ0n) is 12.5. The highest BCUT2D eigenvalue weighted by Crippen LogP contribution is 2.21. The zero-order valence-corrected chi connectivity index (χ0v) is 14.0. The summed E-state index contributed by atoms with van der Waals surface area (Å²) in [7, 11) is 0. The molecule has 0 aliphatic rings. The van der Waals surface area contributed by atoms with E-state index in [1.165, 1.54) is 6.20 Å². The topological polar surface area (TPSA) is 88.2 Å². The van der Waals surface area contributed by atoms with E-state index in [4.69, 9.17) is 28.9 Å². The normalized spacial score (nSPS) is 11.3. The Morgan fingerprint density at radius 2 is 2.09 bits per heavy atom. The van der Waals surface area contributed by atoms with E-state index in [0.29, 0.717) is 41.5 Å². The number of anilines is 1. The maximum atomic E-state index is 6.01. The molecule has 4 N–H and O–H groups in total. The number of hydrogen-bond donors (Lipinski definition) is 3. The van der Waals surface area contributed by atoms with Gasteiger partial charge in [-0.25, -0.2) is 4.98 Å². The Kier molecular flexibility index (Phi) is 6.90. The first-order valence-corrected chi connectivity index (χ1v) is 7.89. The second-order valence-corrected chi connectivity index (χ2v) is 5.52. The standard InChI is InChI=1S/C15H18Cl2N6/c16-11-9-13(17)14(23-10-11)20-7-8-22-15(18)21-6-4-12-3-1-2-5-19-12/h1-3,5,9-10H,4,6-8H2,(H,20,23)(H3,18,21,22). The number of nitrogens with zero attached hydrogens (tertiary/aromatic N) is 3. The van der Waals surface area contributed by atoms with Crippen LogP contribution in [0.25, 0.3) is 0 Å². The monoisotopic (exact) mass is 352 g/mol. The minimum atomic E-state index is 0.401. The van der Waals surface area contributed by atoms with Gasteiger partial charge in [0.1, 0.15) is 5.82 Å². The molecule has 0 unspecified atom stereocenters. The minimum Gasteiger partial charge on any atom is -0.370 e. The molecule has 0 amide bonds. The zero-order chi connectivity index (χ0) is 16.5. The second-order valence-electron chi connectivity index (χ2n) is 4.68. The molecular formula is C15H18Cl2N6. The molecule has 2 aromatic rings. The molecule has 2 rings (SSSR count). The van der Waals surface area contributed by atoms with Crippen molar-refractivity contribution in [1.29, 1.82) is 0 Å². The second kappa shape index (κ2) is 9.17. The lowest BCUT2D eigenvalue weighted by Gasteiger charge is -2.09. The summed E-state index contributed by atoms with van der Waals surface area (Å²) >= 11 is 11.8. The predicted octanol–water partition coefficient (Wildman–Crippen LogP) is 2.34. The quantitative estimate of drug-likeness (QED) is 0.404. The van der Waals surface area contributed by atoms with Gasteiger partial charge in [0.2, 0.25) is 0 Å². The summed E-state index contributed by atoms with van der Waals surface area (Å²) in [4.78, 5) is 12.6. The van der Waals surface area contributed by atoms with Crippen LogP contribution < -0.4 is 16.4 Å². The van der Waals surface area contributed by atoms with E-state index in [2.05, 4.69) is 25.6 Å². The van der Waals surface area contributed by atoms with Gasteiger partial charge in [-0.1, -0.05) is 29.3 Å². The molecule has 0 saturated carbocycles. The van der Waals surface area contributed by atoms with Gasteiger partial charge in [-0.3, -0.25) is 9.98 Å². The molecule has 0 fully saturated rings. The highest BCUT2D eigenvalue weighted by molar-refractivity contribution is 6.35. The number of pyridine rings is 2. The van der Waals surface area contributed by atoms with E-state index in [9.17, 15) is 0 Å². The summed E-state index contributed by atoms with van der Waals surface area (Å²) in [5.41, 5.74) is 6.79. The van der Waals surface area contributed by atoms with Crippen molar-refractivity contribution in [2.24, 2.45) is 10.7 Å². The van der Waals surface area contributed by atoms with Gasteiger partial charge in [0.15, 0.2) is 5.96 Å². The Balaban J connectivity index is 1.66. The molecular weight excluding hydrogens is 335 g/mol. The lowest BCUT2D eigenvalue weighted by molar-refractivity contribution is 0.863. The van der Waals surface area contributed by atoms with Crippen LogP contribution in [0.2, 0.25) is 10.0 Å². The van der Waals surface area contributed by atoms with E-state index in [1.54, 1.807) is 12.3 Å². The molecule has 6 nitrogen and oxygen atoms in total. The lowest BCUT2D eigenvalue weighted by atomic mass is 10.3. The highest BCUT2D eigenvalue weighted by Gasteiger charge is 2.01. The van der Waals surface area contributed by atoms with Crippen LogP contribution in [0.3, 0.4) is 0 Å². The molecule has 8 heteroatoms. The van der Waals surface area contributed by atoms with Gasteiger partial charge in [-0.05, 0) is 18.2 Å². The number of rotatable bonds is 7. The molecule has 0 atom stereocenters. The Morgan fingerprint density at radius 3 is 2.83 bits per heavy atom. The van der Waals surface area contributed by atoms with Crippen molar-refractivity contribution in [2.75, 3.05) is 25.0 Å². The van der Waals surface area contributed by atoms with Gasteiger partial charge in [0, 0.05) is 44.1 Å². The number of guanidine groups is 1. The first kappa shape index (κ1) is 17.3. The molecule has 0 saturated heterocycles. The summed E-state index contributed by atoms with van der Waals surface area (Å²) in [6.45, 7) is 1.79. The number of hydrogen-bond acceptors (Lipinski definition) is 4. The van der Waals surface area contributed by atoms with Crippen LogP contribution in [-0.4, -0.2) is 35.6 Å². The van der Waals surface area contributed by atoms with Crippen LogP contribution in [0.4, 0.5) is 5.82 Å². The van der Waals surface area contributed by atoms with Gasteiger partial charge in [-0.2, -0.15) is 0 Å². The van der Waals surface area contributed by atoms with Crippen molar-refractivity contribution < 1.29 is 0 Å². The number of aliphatic imine (C=N–C) groups is 1. The number of halogens is 2. The smallest absolute Gasteiger partial charge is 0.188 e. The molecule has 2 aromatic heterocycles. The molecule has 23 heavy (non-hydrogen) atoms. The number of aromatic nitrogens is 2. The van der Waals surface area contributed by atoms with Crippen LogP contribution in [0.5, 0.6) is 0 Å². The van der Waals surface area contributed by atoms with Crippen LogP contribution in [-0.2, 0) is 6.42 Å². The Labute approximate surface area is 145 Å². The minimum absolute atomic E-state index is 0.401. The molecule has 0 radical (unpaired) electrons. The molecule has 0 spiro atoms. The van der Waals surface area contributed by atoms with E-state index in [-0.39, 0.29) is 0 Å². The third-order valence-corrected chi connectivity index (χ3v) is 3.40. The van der Waals surface area contributed by atoms with Crippen molar-refractivity contribution in [3.63, 3.8) is 0 Å². The third-order valence-electron chi connectivity index (χ3n) is 2.91. The fourth-order valence-electron chi connectivity index (χ4n) is 1.81. The van der Waals surface area contributed by atoms with Gasteiger partial charge >= 0.3 is 0 Å². The molecule has 0 bridgehead atoms. The van der Waals surface area contributed by atoms with E-state index >= 15 is 0 Å². The van der Waals surface area contributed by atoms with Crippen molar-refractivity contribution in [3.8, 4) is 0 Å². The molecule has 0 aromatic carbocycles. The van der Waals surface area contributed by atoms with Crippen LogP contribution in [0, 0.1) is 0 Å². The van der Waals surface area contributed by atoms with Gasteiger partial charge < -0.3 is 16.4 Å². The maximum absolute atomic E-state index is 6.01. The number of nitrogens with one attached hydrogen (secondary N) is 2. The van der Waals surface area contributed by atoms with Gasteiger partial charge in [0.05, 0.1) is 10.0 Å². The summed E-state index contributed by atoms with van der Waals surface area (Å²) in [5.74, 6) is 0.987. The summed E-state index contributed by atoms with van der Waals surface area (Å²) in [6.07, 6.45) is 4.06. The predicted molar refractivity (Wildman–Crippen MR) is 95.2 cm³/mol. The van der Waals surface area contributed by atoms with E-state index < -0.39 is 0 Å². The lowest BCUT2D eigenvalue weighted by Crippen LogP contribution is -2.35. The molecule has 0 aliphatic carbocycles. The largest absolute Gasteiger partial charge is 0.370 e. The van der Waals surface area contributed by atoms with E-state index in [1.807, 2.05) is 18.2 Å². The van der Waals surface area contributed by atoms with Crippen molar-refractivity contribution in [1.82, 2.24) is 15.3 Å². The fraction of sp³-hybridized carbons (Fsp3) is 0.267. The summed E-state index contributed by atoms with van der Waals surface area (Å²) < 4.78 is 0. The Bertz CT molecular complexity index is 648. The van der Waals surface area contributed by atoms with Crippen molar-refractivity contribution >= 4 is 35.0 Å². The summed E-state index contributed by atoms with van der Waals surface area (Å²) in [5, 5.41) is 7.09. The van der Waals surface area contributed by atoms with Crippen LogP contribution in [0.1, 0.15) is 5.69 Å². The van der Waals surface area contributed by atoms with Crippen LogP contribution >= 0.6 is 23.2 Å². The molecule has 0 aliphatic heterocycles. The van der Waals surface area contributed by atoms with Crippen molar-refractivity contribution in [3.05, 3.63) is 52.4 Å². The molecule has 122 valence electrons. The number of nitrogens with two attached hydrogens (primary N) is 1. The van der Waals surface area contributed by atoms with Gasteiger partial charge in [0.25, 0.3) is 0 Å². The summed E-state index contributed by atoms with van der Waals surface area (Å²) in [6, 6.07) is 7.44.